The zero-order chi connectivity index (χ0) is 15.9. The second kappa shape index (κ2) is 5.52. The molecule has 0 radical (unpaired) electrons. The Morgan fingerprint density at radius 1 is 1.27 bits per heavy atom. The Bertz CT molecular complexity index is 780. The van der Waals surface area contributed by atoms with Crippen LogP contribution in [0.25, 0.3) is 0 Å². The maximum atomic E-state index is 12.6. The minimum absolute atomic E-state index is 0.0344. The first-order chi connectivity index (χ1) is 10.4. The fourth-order valence-corrected chi connectivity index (χ4v) is 4.24. The standard InChI is InChI=1S/C16H21N3O2S/c1-12(2)22(20,21)19-10-13-6-4-5-7-15(13)16(11-19)14-8-17-18(3)9-14/h4-9,12,16H,10-11H2,1-3H3. The molecule has 0 aliphatic carbocycles. The molecule has 1 aliphatic heterocycles. The number of hydrogen-bond acceptors (Lipinski definition) is 3. The summed E-state index contributed by atoms with van der Waals surface area (Å²) < 4.78 is 28.5. The summed E-state index contributed by atoms with van der Waals surface area (Å²) in [6.07, 6.45) is 3.79. The van der Waals surface area contributed by atoms with Crippen molar-refractivity contribution < 1.29 is 8.42 Å². The molecule has 0 bridgehead atoms. The van der Waals surface area contributed by atoms with Crippen LogP contribution >= 0.6 is 0 Å². The predicted octanol–water partition coefficient (Wildman–Crippen LogP) is 2.11. The highest BCUT2D eigenvalue weighted by molar-refractivity contribution is 7.89. The number of nitrogens with zero attached hydrogens (tertiary/aromatic N) is 3. The van der Waals surface area contributed by atoms with E-state index in [1.165, 1.54) is 5.56 Å². The van der Waals surface area contributed by atoms with E-state index in [1.807, 2.05) is 37.6 Å². The van der Waals surface area contributed by atoms with E-state index in [-0.39, 0.29) is 5.92 Å². The van der Waals surface area contributed by atoms with Gasteiger partial charge in [-0.25, -0.2) is 8.42 Å². The molecule has 1 atom stereocenters. The second-order valence-electron chi connectivity index (χ2n) is 6.08. The molecule has 0 saturated carbocycles. The number of hydrogen-bond donors (Lipinski definition) is 0. The molecule has 2 heterocycles. The highest BCUT2D eigenvalue weighted by Crippen LogP contribution is 2.34. The minimum Gasteiger partial charge on any atom is -0.276 e. The maximum absolute atomic E-state index is 12.6. The lowest BCUT2D eigenvalue weighted by molar-refractivity contribution is 0.368. The van der Waals surface area contributed by atoms with Crippen molar-refractivity contribution in [3.63, 3.8) is 0 Å². The van der Waals surface area contributed by atoms with Gasteiger partial charge in [0.05, 0.1) is 11.4 Å². The van der Waals surface area contributed by atoms with Gasteiger partial charge in [0.2, 0.25) is 10.0 Å². The average Bonchev–Trinajstić information content (AvgIpc) is 2.92. The highest BCUT2D eigenvalue weighted by Gasteiger charge is 2.34. The van der Waals surface area contributed by atoms with Crippen LogP contribution in [0.3, 0.4) is 0 Å². The maximum Gasteiger partial charge on any atom is 0.216 e. The molecular formula is C16H21N3O2S. The van der Waals surface area contributed by atoms with Gasteiger partial charge in [0, 0.05) is 32.3 Å². The average molecular weight is 319 g/mol. The van der Waals surface area contributed by atoms with E-state index in [0.29, 0.717) is 13.1 Å². The predicted molar refractivity (Wildman–Crippen MR) is 86.0 cm³/mol. The number of rotatable bonds is 3. The van der Waals surface area contributed by atoms with E-state index in [0.717, 1.165) is 11.1 Å². The summed E-state index contributed by atoms with van der Waals surface area (Å²) in [5.74, 6) is 0.0344. The molecule has 0 N–H and O–H groups in total. The Morgan fingerprint density at radius 2 is 2.00 bits per heavy atom. The van der Waals surface area contributed by atoms with Crippen LogP contribution in [0.1, 0.15) is 36.5 Å². The lowest BCUT2D eigenvalue weighted by Gasteiger charge is -2.34. The zero-order valence-corrected chi connectivity index (χ0v) is 13.9. The van der Waals surface area contributed by atoms with Crippen LogP contribution in [-0.2, 0) is 23.6 Å². The fraction of sp³-hybridized carbons (Fsp3) is 0.438. The Hall–Kier alpha value is -1.66. The summed E-state index contributed by atoms with van der Waals surface area (Å²) in [5, 5.41) is 3.83. The van der Waals surface area contributed by atoms with E-state index in [2.05, 4.69) is 11.2 Å². The summed E-state index contributed by atoms with van der Waals surface area (Å²) in [4.78, 5) is 0. The smallest absolute Gasteiger partial charge is 0.216 e. The quantitative estimate of drug-likeness (QED) is 0.870. The van der Waals surface area contributed by atoms with Gasteiger partial charge in [-0.2, -0.15) is 9.40 Å². The van der Waals surface area contributed by atoms with E-state index in [1.54, 1.807) is 22.8 Å². The van der Waals surface area contributed by atoms with Gasteiger partial charge in [0.25, 0.3) is 0 Å². The monoisotopic (exact) mass is 319 g/mol. The number of sulfonamides is 1. The topological polar surface area (TPSA) is 55.2 Å². The molecule has 0 amide bonds. The lowest BCUT2D eigenvalue weighted by Crippen LogP contribution is -2.41. The molecule has 1 aliphatic rings. The molecule has 22 heavy (non-hydrogen) atoms. The van der Waals surface area contributed by atoms with E-state index in [4.69, 9.17) is 0 Å². The second-order valence-corrected chi connectivity index (χ2v) is 8.57. The summed E-state index contributed by atoms with van der Waals surface area (Å²) in [6.45, 7) is 4.39. The molecule has 1 aromatic heterocycles. The third-order valence-corrected chi connectivity index (χ3v) is 6.44. The summed E-state index contributed by atoms with van der Waals surface area (Å²) in [5.41, 5.74) is 3.33. The minimum atomic E-state index is -3.27. The van der Waals surface area contributed by atoms with Gasteiger partial charge < -0.3 is 0 Å². The number of aromatic nitrogens is 2. The number of fused-ring (bicyclic) bond motifs is 1. The van der Waals surface area contributed by atoms with Crippen molar-refractivity contribution >= 4 is 10.0 Å². The Balaban J connectivity index is 2.06. The van der Waals surface area contributed by atoms with Gasteiger partial charge in [-0.1, -0.05) is 24.3 Å². The first kappa shape index (κ1) is 15.2. The molecular weight excluding hydrogens is 298 g/mol. The van der Waals surface area contributed by atoms with Crippen LogP contribution in [0.2, 0.25) is 0 Å². The molecule has 2 aromatic rings. The van der Waals surface area contributed by atoms with Crippen LogP contribution in [0, 0.1) is 0 Å². The van der Waals surface area contributed by atoms with E-state index < -0.39 is 15.3 Å². The van der Waals surface area contributed by atoms with Gasteiger partial charge in [-0.05, 0) is 30.5 Å². The molecule has 0 saturated heterocycles. The van der Waals surface area contributed by atoms with Crippen molar-refractivity contribution in [1.29, 1.82) is 0 Å². The van der Waals surface area contributed by atoms with Gasteiger partial charge >= 0.3 is 0 Å². The first-order valence-electron chi connectivity index (χ1n) is 7.45. The third kappa shape index (κ3) is 2.57. The molecule has 118 valence electrons. The van der Waals surface area contributed by atoms with Crippen LogP contribution < -0.4 is 0 Å². The number of aryl methyl sites for hydroxylation is 1. The van der Waals surface area contributed by atoms with Gasteiger partial charge in [0.15, 0.2) is 0 Å². The Morgan fingerprint density at radius 3 is 2.64 bits per heavy atom. The van der Waals surface area contributed by atoms with Crippen molar-refractivity contribution in [3.05, 3.63) is 53.3 Å². The van der Waals surface area contributed by atoms with Gasteiger partial charge in [-0.3, -0.25) is 4.68 Å². The SMILES string of the molecule is CC(C)S(=O)(=O)N1Cc2ccccc2C(c2cnn(C)c2)C1. The van der Waals surface area contributed by atoms with Crippen molar-refractivity contribution in [2.75, 3.05) is 6.54 Å². The van der Waals surface area contributed by atoms with Crippen LogP contribution in [0.15, 0.2) is 36.7 Å². The zero-order valence-electron chi connectivity index (χ0n) is 13.1. The summed E-state index contributed by atoms with van der Waals surface area (Å²) in [6, 6.07) is 8.08. The van der Waals surface area contributed by atoms with E-state index >= 15 is 0 Å². The molecule has 6 heteroatoms. The largest absolute Gasteiger partial charge is 0.276 e. The number of benzene rings is 1. The molecule has 0 fully saturated rings. The van der Waals surface area contributed by atoms with Crippen molar-refractivity contribution in [2.24, 2.45) is 7.05 Å². The first-order valence-corrected chi connectivity index (χ1v) is 8.95. The van der Waals surface area contributed by atoms with Gasteiger partial charge in [0.1, 0.15) is 0 Å². The highest BCUT2D eigenvalue weighted by atomic mass is 32.2. The summed E-state index contributed by atoms with van der Waals surface area (Å²) in [7, 11) is -1.39. The molecule has 5 nitrogen and oxygen atoms in total. The van der Waals surface area contributed by atoms with Crippen molar-refractivity contribution in [2.45, 2.75) is 31.6 Å². The lowest BCUT2D eigenvalue weighted by atomic mass is 9.87. The molecule has 1 unspecified atom stereocenters. The van der Waals surface area contributed by atoms with Crippen LogP contribution in [0.4, 0.5) is 0 Å². The van der Waals surface area contributed by atoms with Crippen molar-refractivity contribution in [1.82, 2.24) is 14.1 Å². The van der Waals surface area contributed by atoms with Crippen LogP contribution in [-0.4, -0.2) is 34.3 Å². The Labute approximate surface area is 131 Å². The molecule has 1 aromatic carbocycles. The third-order valence-electron chi connectivity index (χ3n) is 4.25. The van der Waals surface area contributed by atoms with Crippen molar-refractivity contribution in [3.8, 4) is 0 Å². The van der Waals surface area contributed by atoms with Crippen LogP contribution in [0.5, 0.6) is 0 Å². The molecule has 3 rings (SSSR count). The van der Waals surface area contributed by atoms with E-state index in [9.17, 15) is 8.42 Å². The fourth-order valence-electron chi connectivity index (χ4n) is 2.97. The summed E-state index contributed by atoms with van der Waals surface area (Å²) >= 11 is 0. The molecule has 0 spiro atoms. The van der Waals surface area contributed by atoms with Gasteiger partial charge in [-0.15, -0.1) is 0 Å². The Kier molecular flexibility index (Phi) is 3.82. The normalized spacial score (nSPS) is 19.4.